The number of rotatable bonds is 5. The standard InChI is InChI=1S/C14H19Cl2N3O2/c1-4-5-19(8-12(20)18(2)3)14(21)10-6-9(17)7-11(15)13(10)16/h6-7H,4-5,8,17H2,1-3H3. The molecule has 0 saturated carbocycles. The van der Waals surface area contributed by atoms with E-state index in [0.29, 0.717) is 12.2 Å². The Kier molecular flexibility index (Phi) is 6.30. The lowest BCUT2D eigenvalue weighted by atomic mass is 10.1. The third kappa shape index (κ3) is 4.51. The van der Waals surface area contributed by atoms with E-state index < -0.39 is 0 Å². The highest BCUT2D eigenvalue weighted by Gasteiger charge is 2.22. The van der Waals surface area contributed by atoms with Gasteiger partial charge in [0.1, 0.15) is 6.54 Å². The van der Waals surface area contributed by atoms with E-state index in [2.05, 4.69) is 0 Å². The van der Waals surface area contributed by atoms with Gasteiger partial charge in [0.15, 0.2) is 0 Å². The summed E-state index contributed by atoms with van der Waals surface area (Å²) in [5, 5.41) is 0.365. The third-order valence-electron chi connectivity index (χ3n) is 2.89. The first-order valence-electron chi connectivity index (χ1n) is 6.51. The molecule has 0 spiro atoms. The van der Waals surface area contributed by atoms with Crippen molar-refractivity contribution in [2.45, 2.75) is 13.3 Å². The second-order valence-electron chi connectivity index (χ2n) is 4.88. The van der Waals surface area contributed by atoms with Gasteiger partial charge in [-0.2, -0.15) is 0 Å². The topological polar surface area (TPSA) is 66.6 Å². The van der Waals surface area contributed by atoms with Gasteiger partial charge in [0.25, 0.3) is 5.91 Å². The molecule has 1 aromatic carbocycles. The number of benzene rings is 1. The van der Waals surface area contributed by atoms with Crippen molar-refractivity contribution in [1.82, 2.24) is 9.80 Å². The van der Waals surface area contributed by atoms with E-state index in [0.717, 1.165) is 6.42 Å². The van der Waals surface area contributed by atoms with E-state index in [1.165, 1.54) is 21.9 Å². The van der Waals surface area contributed by atoms with Crippen LogP contribution in [0.25, 0.3) is 0 Å². The van der Waals surface area contributed by atoms with Gasteiger partial charge < -0.3 is 15.5 Å². The van der Waals surface area contributed by atoms with Crippen LogP contribution in [0, 0.1) is 0 Å². The molecule has 116 valence electrons. The van der Waals surface area contributed by atoms with E-state index in [1.807, 2.05) is 6.92 Å². The lowest BCUT2D eigenvalue weighted by Gasteiger charge is -2.24. The number of nitrogens with two attached hydrogens (primary N) is 1. The summed E-state index contributed by atoms with van der Waals surface area (Å²) >= 11 is 12.0. The van der Waals surface area contributed by atoms with E-state index in [9.17, 15) is 9.59 Å². The molecule has 2 N–H and O–H groups in total. The molecule has 0 atom stereocenters. The Labute approximate surface area is 134 Å². The zero-order chi connectivity index (χ0) is 16.2. The Bertz CT molecular complexity index is 547. The van der Waals surface area contributed by atoms with Crippen LogP contribution in [0.1, 0.15) is 23.7 Å². The average Bonchev–Trinajstić information content (AvgIpc) is 2.41. The first-order valence-corrected chi connectivity index (χ1v) is 7.27. The maximum atomic E-state index is 12.6. The maximum Gasteiger partial charge on any atom is 0.255 e. The fourth-order valence-corrected chi connectivity index (χ4v) is 2.18. The zero-order valence-corrected chi connectivity index (χ0v) is 13.8. The summed E-state index contributed by atoms with van der Waals surface area (Å²) in [6, 6.07) is 2.95. The number of hydrogen-bond acceptors (Lipinski definition) is 3. The molecule has 7 heteroatoms. The molecule has 1 rings (SSSR count). The number of likely N-dealkylation sites (N-methyl/N-ethyl adjacent to an activating group) is 1. The van der Waals surface area contributed by atoms with Crippen molar-refractivity contribution in [2.75, 3.05) is 32.9 Å². The van der Waals surface area contributed by atoms with E-state index in [-0.39, 0.29) is 34.0 Å². The molecule has 1 aromatic rings. The predicted octanol–water partition coefficient (Wildman–Crippen LogP) is 2.52. The molecule has 5 nitrogen and oxygen atoms in total. The minimum Gasteiger partial charge on any atom is -0.399 e. The highest BCUT2D eigenvalue weighted by Crippen LogP contribution is 2.29. The molecular weight excluding hydrogens is 313 g/mol. The van der Waals surface area contributed by atoms with Crippen LogP contribution in [0.5, 0.6) is 0 Å². The Morgan fingerprint density at radius 2 is 1.86 bits per heavy atom. The molecule has 0 bridgehead atoms. The molecule has 0 aliphatic carbocycles. The quantitative estimate of drug-likeness (QED) is 0.843. The maximum absolute atomic E-state index is 12.6. The molecule has 0 aromatic heterocycles. The highest BCUT2D eigenvalue weighted by molar-refractivity contribution is 6.44. The lowest BCUT2D eigenvalue weighted by Crippen LogP contribution is -2.40. The molecule has 0 radical (unpaired) electrons. The molecule has 0 saturated heterocycles. The van der Waals surface area contributed by atoms with Gasteiger partial charge in [-0.15, -0.1) is 0 Å². The lowest BCUT2D eigenvalue weighted by molar-refractivity contribution is -0.129. The monoisotopic (exact) mass is 331 g/mol. The van der Waals surface area contributed by atoms with Gasteiger partial charge in [-0.3, -0.25) is 9.59 Å². The number of carbonyl (C=O) groups is 2. The van der Waals surface area contributed by atoms with Crippen LogP contribution in [0.4, 0.5) is 5.69 Å². The predicted molar refractivity (Wildman–Crippen MR) is 85.8 cm³/mol. The largest absolute Gasteiger partial charge is 0.399 e. The van der Waals surface area contributed by atoms with E-state index in [1.54, 1.807) is 14.1 Å². The van der Waals surface area contributed by atoms with Crippen LogP contribution in [0.3, 0.4) is 0 Å². The average molecular weight is 332 g/mol. The fourth-order valence-electron chi connectivity index (χ4n) is 1.76. The van der Waals surface area contributed by atoms with Gasteiger partial charge in [-0.05, 0) is 18.6 Å². The Morgan fingerprint density at radius 1 is 1.24 bits per heavy atom. The van der Waals surface area contributed by atoms with E-state index in [4.69, 9.17) is 28.9 Å². The number of nitrogens with zero attached hydrogens (tertiary/aromatic N) is 2. The summed E-state index contributed by atoms with van der Waals surface area (Å²) in [4.78, 5) is 27.3. The first-order chi connectivity index (χ1) is 9.77. The van der Waals surface area contributed by atoms with Crippen molar-refractivity contribution in [3.8, 4) is 0 Å². The van der Waals surface area contributed by atoms with Gasteiger partial charge in [0.05, 0.1) is 15.6 Å². The number of anilines is 1. The second-order valence-corrected chi connectivity index (χ2v) is 5.66. The minimum atomic E-state index is -0.355. The van der Waals surface area contributed by atoms with Gasteiger partial charge >= 0.3 is 0 Å². The molecule has 0 heterocycles. The van der Waals surface area contributed by atoms with Crippen molar-refractivity contribution in [1.29, 1.82) is 0 Å². The van der Waals surface area contributed by atoms with Gasteiger partial charge in [0, 0.05) is 26.3 Å². The summed E-state index contributed by atoms with van der Waals surface area (Å²) in [6.45, 7) is 2.36. The summed E-state index contributed by atoms with van der Waals surface area (Å²) in [5.41, 5.74) is 6.26. The second kappa shape index (κ2) is 7.52. The normalized spacial score (nSPS) is 10.3. The fraction of sp³-hybridized carbons (Fsp3) is 0.429. The Balaban J connectivity index is 3.09. The molecule has 2 amide bonds. The van der Waals surface area contributed by atoms with Crippen LogP contribution in [-0.2, 0) is 4.79 Å². The van der Waals surface area contributed by atoms with Gasteiger partial charge in [-0.25, -0.2) is 0 Å². The van der Waals surface area contributed by atoms with Crippen LogP contribution >= 0.6 is 23.2 Å². The Hall–Kier alpha value is -1.46. The number of halogens is 2. The molecule has 0 aliphatic heterocycles. The van der Waals surface area contributed by atoms with Crippen LogP contribution in [-0.4, -0.2) is 48.8 Å². The SMILES string of the molecule is CCCN(CC(=O)N(C)C)C(=O)c1cc(N)cc(Cl)c1Cl. The van der Waals surface area contributed by atoms with Gasteiger partial charge in [-0.1, -0.05) is 30.1 Å². The Morgan fingerprint density at radius 3 is 2.38 bits per heavy atom. The minimum absolute atomic E-state index is 0.0115. The molecular formula is C14H19Cl2N3O2. The van der Waals surface area contributed by atoms with Crippen molar-refractivity contribution in [3.05, 3.63) is 27.7 Å². The summed E-state index contributed by atoms with van der Waals surface area (Å²) < 4.78 is 0. The summed E-state index contributed by atoms with van der Waals surface area (Å²) in [5.74, 6) is -0.519. The van der Waals surface area contributed by atoms with Crippen molar-refractivity contribution >= 4 is 40.7 Å². The number of nitrogen functional groups attached to an aromatic ring is 1. The number of amides is 2. The number of hydrogen-bond donors (Lipinski definition) is 1. The molecule has 0 aliphatic rings. The smallest absolute Gasteiger partial charge is 0.255 e. The van der Waals surface area contributed by atoms with E-state index >= 15 is 0 Å². The van der Waals surface area contributed by atoms with Crippen molar-refractivity contribution in [2.24, 2.45) is 0 Å². The van der Waals surface area contributed by atoms with Crippen LogP contribution < -0.4 is 5.73 Å². The first kappa shape index (κ1) is 17.6. The number of carbonyl (C=O) groups excluding carboxylic acids is 2. The highest BCUT2D eigenvalue weighted by atomic mass is 35.5. The van der Waals surface area contributed by atoms with Gasteiger partial charge in [0.2, 0.25) is 5.91 Å². The molecule has 0 fully saturated rings. The van der Waals surface area contributed by atoms with Crippen LogP contribution in [0.2, 0.25) is 10.0 Å². The molecule has 0 unspecified atom stereocenters. The molecule has 21 heavy (non-hydrogen) atoms. The van der Waals surface area contributed by atoms with Crippen molar-refractivity contribution < 1.29 is 9.59 Å². The van der Waals surface area contributed by atoms with Crippen LogP contribution in [0.15, 0.2) is 12.1 Å². The summed E-state index contributed by atoms with van der Waals surface area (Å²) in [6.07, 6.45) is 0.722. The van der Waals surface area contributed by atoms with Crippen molar-refractivity contribution in [3.63, 3.8) is 0 Å². The third-order valence-corrected chi connectivity index (χ3v) is 3.69. The zero-order valence-electron chi connectivity index (χ0n) is 12.3. The summed E-state index contributed by atoms with van der Waals surface area (Å²) in [7, 11) is 3.28.